The summed E-state index contributed by atoms with van der Waals surface area (Å²) in [5.74, 6) is -0.448. The normalized spacial score (nSPS) is 13.8. The van der Waals surface area contributed by atoms with Gasteiger partial charge in [0.25, 0.3) is 11.7 Å². The summed E-state index contributed by atoms with van der Waals surface area (Å²) in [7, 11) is 1.52. The lowest BCUT2D eigenvalue weighted by molar-refractivity contribution is -0.114. The molecule has 1 aliphatic heterocycles. The number of amides is 1. The maximum Gasteiger partial charge on any atom is 0.299 e. The van der Waals surface area contributed by atoms with Crippen molar-refractivity contribution in [3.8, 4) is 5.75 Å². The van der Waals surface area contributed by atoms with Crippen molar-refractivity contribution in [1.29, 1.82) is 0 Å². The maximum atomic E-state index is 12.0. The highest BCUT2D eigenvalue weighted by atomic mass is 32.1. The number of ketones is 1. The number of carbonyl (C=O) groups excluding carboxylic acids is 2. The van der Waals surface area contributed by atoms with Crippen LogP contribution in [0.25, 0.3) is 0 Å². The smallest absolute Gasteiger partial charge is 0.299 e. The van der Waals surface area contributed by atoms with Gasteiger partial charge in [-0.25, -0.2) is 4.98 Å². The van der Waals surface area contributed by atoms with Gasteiger partial charge in [0.2, 0.25) is 0 Å². The van der Waals surface area contributed by atoms with Crippen LogP contribution in [0.1, 0.15) is 16.1 Å². The van der Waals surface area contributed by atoms with E-state index in [4.69, 9.17) is 4.74 Å². The second-order valence-corrected chi connectivity index (χ2v) is 4.80. The minimum Gasteiger partial charge on any atom is -0.497 e. The van der Waals surface area contributed by atoms with Crippen molar-refractivity contribution < 1.29 is 14.3 Å². The number of carbonyl (C=O) groups is 2. The van der Waals surface area contributed by atoms with E-state index in [0.29, 0.717) is 23.5 Å². The summed E-state index contributed by atoms with van der Waals surface area (Å²) in [6, 6.07) is 5.05. The lowest BCUT2D eigenvalue weighted by Crippen LogP contribution is -2.29. The summed E-state index contributed by atoms with van der Waals surface area (Å²) in [6.07, 6.45) is 0. The molecular weight excluding hydrogens is 264 g/mol. The molecule has 6 heteroatoms. The molecule has 5 nitrogen and oxygen atoms in total. The first-order valence-electron chi connectivity index (χ1n) is 5.62. The third kappa shape index (κ3) is 1.90. The zero-order chi connectivity index (χ0) is 13.4. The van der Waals surface area contributed by atoms with Gasteiger partial charge in [-0.15, -0.1) is 11.3 Å². The molecule has 1 aromatic heterocycles. The van der Waals surface area contributed by atoms with Crippen LogP contribution in [-0.2, 0) is 11.3 Å². The predicted octanol–water partition coefficient (Wildman–Crippen LogP) is 1.88. The molecule has 0 N–H and O–H groups in total. The van der Waals surface area contributed by atoms with Gasteiger partial charge in [0, 0.05) is 5.38 Å². The third-order valence-corrected chi connectivity index (χ3v) is 3.62. The highest BCUT2D eigenvalue weighted by Gasteiger charge is 2.36. The number of ether oxygens (including phenoxy) is 1. The molecule has 3 rings (SSSR count). The number of methoxy groups -OCH3 is 1. The number of hydrogen-bond donors (Lipinski definition) is 0. The van der Waals surface area contributed by atoms with E-state index >= 15 is 0 Å². The van der Waals surface area contributed by atoms with Crippen LogP contribution in [0.15, 0.2) is 29.1 Å². The molecule has 0 aliphatic carbocycles. The van der Waals surface area contributed by atoms with Gasteiger partial charge in [-0.1, -0.05) is 0 Å². The zero-order valence-electron chi connectivity index (χ0n) is 10.1. The van der Waals surface area contributed by atoms with Crippen molar-refractivity contribution in [3.05, 3.63) is 40.3 Å². The maximum absolute atomic E-state index is 12.0. The van der Waals surface area contributed by atoms with Crippen LogP contribution in [-0.4, -0.2) is 23.8 Å². The summed E-state index contributed by atoms with van der Waals surface area (Å²) in [5.41, 5.74) is 3.48. The fourth-order valence-electron chi connectivity index (χ4n) is 2.04. The predicted molar refractivity (Wildman–Crippen MR) is 70.6 cm³/mol. The molecule has 0 saturated carbocycles. The van der Waals surface area contributed by atoms with E-state index in [9.17, 15) is 9.59 Å². The molecule has 96 valence electrons. The van der Waals surface area contributed by atoms with Crippen LogP contribution in [0.4, 0.5) is 5.69 Å². The standard InChI is InChI=1S/C13H10N2O3S/c1-18-9-2-3-11-10(4-9)12(16)13(17)15(11)5-8-6-19-7-14-8/h2-4,6-7H,5H2,1H3. The van der Waals surface area contributed by atoms with Crippen molar-refractivity contribution in [1.82, 2.24) is 4.98 Å². The van der Waals surface area contributed by atoms with Crippen molar-refractivity contribution >= 4 is 28.7 Å². The second-order valence-electron chi connectivity index (χ2n) is 4.08. The molecule has 0 unspecified atom stereocenters. The Kier molecular flexibility index (Phi) is 2.79. The van der Waals surface area contributed by atoms with Crippen molar-refractivity contribution in [2.75, 3.05) is 12.0 Å². The van der Waals surface area contributed by atoms with Gasteiger partial charge in [0.1, 0.15) is 5.75 Å². The Morgan fingerprint density at radius 3 is 2.89 bits per heavy atom. The van der Waals surface area contributed by atoms with Crippen molar-refractivity contribution in [2.45, 2.75) is 6.54 Å². The van der Waals surface area contributed by atoms with Gasteiger partial charge in [0.15, 0.2) is 0 Å². The lowest BCUT2D eigenvalue weighted by atomic mass is 10.1. The first-order chi connectivity index (χ1) is 9.20. The number of aromatic nitrogens is 1. The Bertz CT molecular complexity index is 652. The van der Waals surface area contributed by atoms with Gasteiger partial charge in [-0.3, -0.25) is 14.5 Å². The van der Waals surface area contributed by atoms with Crippen LogP contribution in [0, 0.1) is 0 Å². The van der Waals surface area contributed by atoms with Crippen molar-refractivity contribution in [3.63, 3.8) is 0 Å². The average molecular weight is 274 g/mol. The molecule has 0 spiro atoms. The number of Topliss-reactive ketones (excluding diaryl/α,β-unsaturated/α-hetero) is 1. The summed E-state index contributed by atoms with van der Waals surface area (Å²) < 4.78 is 5.07. The molecule has 0 saturated heterocycles. The minimum atomic E-state index is -0.517. The van der Waals surface area contributed by atoms with Crippen LogP contribution < -0.4 is 9.64 Å². The van der Waals surface area contributed by atoms with Crippen LogP contribution in [0.2, 0.25) is 0 Å². The minimum absolute atomic E-state index is 0.313. The number of thiazole rings is 1. The monoisotopic (exact) mass is 274 g/mol. The number of hydrogen-bond acceptors (Lipinski definition) is 5. The first-order valence-corrected chi connectivity index (χ1v) is 6.56. The highest BCUT2D eigenvalue weighted by molar-refractivity contribution is 7.07. The Hall–Kier alpha value is -2.21. The van der Waals surface area contributed by atoms with E-state index in [0.717, 1.165) is 5.69 Å². The van der Waals surface area contributed by atoms with Gasteiger partial charge in [-0.2, -0.15) is 0 Å². The van der Waals surface area contributed by atoms with Crippen LogP contribution >= 0.6 is 11.3 Å². The molecule has 1 aliphatic rings. The van der Waals surface area contributed by atoms with E-state index in [1.54, 1.807) is 23.7 Å². The fourth-order valence-corrected chi connectivity index (χ4v) is 2.59. The number of fused-ring (bicyclic) bond motifs is 1. The van der Waals surface area contributed by atoms with Crippen LogP contribution in [0.5, 0.6) is 5.75 Å². The summed E-state index contributed by atoms with van der Waals surface area (Å²) >= 11 is 1.46. The Labute approximate surface area is 113 Å². The Morgan fingerprint density at radius 2 is 2.21 bits per heavy atom. The summed E-state index contributed by atoms with van der Waals surface area (Å²) in [6.45, 7) is 0.313. The number of anilines is 1. The number of benzene rings is 1. The average Bonchev–Trinajstić information content (AvgIpc) is 3.02. The fraction of sp³-hybridized carbons (Fsp3) is 0.154. The second kappa shape index (κ2) is 4.47. The zero-order valence-corrected chi connectivity index (χ0v) is 10.9. The summed E-state index contributed by atoms with van der Waals surface area (Å²) in [4.78, 5) is 29.5. The van der Waals surface area contributed by atoms with E-state index in [2.05, 4.69) is 4.98 Å². The van der Waals surface area contributed by atoms with E-state index in [1.807, 2.05) is 5.38 Å². The molecule has 0 radical (unpaired) electrons. The molecule has 0 atom stereocenters. The SMILES string of the molecule is COc1ccc2c(c1)C(=O)C(=O)N2Cc1cscn1. The molecule has 2 heterocycles. The molecule has 1 amide bonds. The molecule has 0 bridgehead atoms. The van der Waals surface area contributed by atoms with Gasteiger partial charge >= 0.3 is 0 Å². The lowest BCUT2D eigenvalue weighted by Gasteiger charge is -2.15. The van der Waals surface area contributed by atoms with Gasteiger partial charge in [-0.05, 0) is 18.2 Å². The number of rotatable bonds is 3. The Morgan fingerprint density at radius 1 is 1.37 bits per heavy atom. The molecule has 0 fully saturated rings. The topological polar surface area (TPSA) is 59.5 Å². The highest BCUT2D eigenvalue weighted by Crippen LogP contribution is 2.32. The van der Waals surface area contributed by atoms with E-state index in [-0.39, 0.29) is 0 Å². The number of nitrogens with zero attached hydrogens (tertiary/aromatic N) is 2. The summed E-state index contributed by atoms with van der Waals surface area (Å²) in [5, 5.41) is 1.86. The first kappa shape index (κ1) is 11.9. The Balaban J connectivity index is 2.00. The van der Waals surface area contributed by atoms with Crippen LogP contribution in [0.3, 0.4) is 0 Å². The van der Waals surface area contributed by atoms with Gasteiger partial charge < -0.3 is 4.74 Å². The van der Waals surface area contributed by atoms with Crippen molar-refractivity contribution in [2.24, 2.45) is 0 Å². The molecule has 2 aromatic rings. The third-order valence-electron chi connectivity index (χ3n) is 2.98. The quantitative estimate of drug-likeness (QED) is 0.802. The molecule has 1 aromatic carbocycles. The van der Waals surface area contributed by atoms with E-state index < -0.39 is 11.7 Å². The van der Waals surface area contributed by atoms with E-state index in [1.165, 1.54) is 23.3 Å². The molecule has 19 heavy (non-hydrogen) atoms. The molecular formula is C13H10N2O3S. The largest absolute Gasteiger partial charge is 0.497 e. The van der Waals surface area contributed by atoms with Gasteiger partial charge in [0.05, 0.1) is 36.1 Å².